The highest BCUT2D eigenvalue weighted by Crippen LogP contribution is 2.30. The highest BCUT2D eigenvalue weighted by molar-refractivity contribution is 9.10. The van der Waals surface area contributed by atoms with E-state index in [9.17, 15) is 0 Å². The lowest BCUT2D eigenvalue weighted by Gasteiger charge is -2.05. The van der Waals surface area contributed by atoms with Crippen LogP contribution in [0.3, 0.4) is 0 Å². The van der Waals surface area contributed by atoms with Gasteiger partial charge in [0.15, 0.2) is 0 Å². The molecule has 0 saturated carbocycles. The molecule has 2 rings (SSSR count). The molecule has 0 bridgehead atoms. The maximum Gasteiger partial charge on any atom is 0.147 e. The number of benzene rings is 1. The lowest BCUT2D eigenvalue weighted by Crippen LogP contribution is -2.23. The van der Waals surface area contributed by atoms with Crippen molar-refractivity contribution < 1.29 is 0 Å². The highest BCUT2D eigenvalue weighted by atomic mass is 79.9. The molecule has 0 radical (unpaired) electrons. The van der Waals surface area contributed by atoms with Gasteiger partial charge in [0.05, 0.1) is 5.02 Å². The molecule has 2 aromatic rings. The van der Waals surface area contributed by atoms with Gasteiger partial charge in [0, 0.05) is 22.5 Å². The van der Waals surface area contributed by atoms with E-state index in [1.165, 1.54) is 0 Å². The Bertz CT molecular complexity index is 571. The average Bonchev–Trinajstić information content (AvgIpc) is 2.86. The Hall–Kier alpha value is -0.490. The first-order valence-electron chi connectivity index (χ1n) is 6.57. The van der Waals surface area contributed by atoms with Gasteiger partial charge < -0.3 is 5.32 Å². The minimum Gasteiger partial charge on any atom is -0.315 e. The van der Waals surface area contributed by atoms with Gasteiger partial charge in [-0.2, -0.15) is 0 Å². The molecular formula is C14H17BrClN3S. The van der Waals surface area contributed by atoms with Crippen molar-refractivity contribution in [3.63, 3.8) is 0 Å². The van der Waals surface area contributed by atoms with E-state index in [2.05, 4.69) is 45.3 Å². The number of rotatable bonds is 6. The normalized spacial score (nSPS) is 11.2. The second-order valence-corrected chi connectivity index (χ2v) is 7.17. The number of aryl methyl sites for hydroxylation is 1. The van der Waals surface area contributed by atoms with Crippen LogP contribution in [0.1, 0.15) is 25.3 Å². The Morgan fingerprint density at radius 1 is 1.35 bits per heavy atom. The van der Waals surface area contributed by atoms with Crippen LogP contribution in [0.2, 0.25) is 5.02 Å². The van der Waals surface area contributed by atoms with Crippen LogP contribution >= 0.6 is 38.9 Å². The van der Waals surface area contributed by atoms with Crippen molar-refractivity contribution in [1.82, 2.24) is 15.5 Å². The Kier molecular flexibility index (Phi) is 5.96. The summed E-state index contributed by atoms with van der Waals surface area (Å²) in [6.07, 6.45) is 2.04. The van der Waals surface area contributed by atoms with Crippen molar-refractivity contribution in [2.45, 2.75) is 32.7 Å². The summed E-state index contributed by atoms with van der Waals surface area (Å²) in [4.78, 5) is 0. The van der Waals surface area contributed by atoms with Gasteiger partial charge >= 0.3 is 0 Å². The molecule has 0 amide bonds. The summed E-state index contributed by atoms with van der Waals surface area (Å²) in [5.41, 5.74) is 1.02. The maximum absolute atomic E-state index is 6.10. The summed E-state index contributed by atoms with van der Waals surface area (Å²) < 4.78 is 0.896. The molecule has 1 aromatic carbocycles. The summed E-state index contributed by atoms with van der Waals surface area (Å²) in [6.45, 7) is 5.32. The molecule has 0 atom stereocenters. The number of halogens is 2. The molecule has 1 N–H and O–H groups in total. The molecule has 0 spiro atoms. The zero-order chi connectivity index (χ0) is 14.5. The molecule has 0 saturated heterocycles. The van der Waals surface area contributed by atoms with Gasteiger partial charge in [0.25, 0.3) is 0 Å². The largest absolute Gasteiger partial charge is 0.315 e. The van der Waals surface area contributed by atoms with Gasteiger partial charge in [-0.3, -0.25) is 0 Å². The fourth-order valence-electron chi connectivity index (χ4n) is 1.73. The Balaban J connectivity index is 1.96. The quantitative estimate of drug-likeness (QED) is 0.754. The molecule has 0 unspecified atom stereocenters. The van der Waals surface area contributed by atoms with Crippen LogP contribution in [0.5, 0.6) is 0 Å². The molecule has 0 fully saturated rings. The summed E-state index contributed by atoms with van der Waals surface area (Å²) in [7, 11) is 0. The lowest BCUT2D eigenvalue weighted by atomic mass is 10.2. The fraction of sp³-hybridized carbons (Fsp3) is 0.429. The van der Waals surface area contributed by atoms with E-state index in [0.29, 0.717) is 11.1 Å². The van der Waals surface area contributed by atoms with Crippen LogP contribution in [0.25, 0.3) is 10.6 Å². The van der Waals surface area contributed by atoms with Crippen molar-refractivity contribution in [1.29, 1.82) is 0 Å². The zero-order valence-corrected chi connectivity index (χ0v) is 14.6. The van der Waals surface area contributed by atoms with Crippen molar-refractivity contribution in [3.8, 4) is 10.6 Å². The summed E-state index contributed by atoms with van der Waals surface area (Å²) in [5, 5.41) is 14.6. The van der Waals surface area contributed by atoms with Gasteiger partial charge in [-0.05, 0) is 41.0 Å². The van der Waals surface area contributed by atoms with E-state index in [4.69, 9.17) is 11.6 Å². The van der Waals surface area contributed by atoms with E-state index in [1.807, 2.05) is 18.2 Å². The zero-order valence-electron chi connectivity index (χ0n) is 11.5. The first-order valence-corrected chi connectivity index (χ1v) is 8.56. The number of aromatic nitrogens is 2. The number of hydrogen-bond donors (Lipinski definition) is 1. The third kappa shape index (κ3) is 4.52. The minimum atomic E-state index is 0.532. The first-order chi connectivity index (χ1) is 9.56. The van der Waals surface area contributed by atoms with E-state index < -0.39 is 0 Å². The highest BCUT2D eigenvalue weighted by Gasteiger charge is 2.08. The van der Waals surface area contributed by atoms with Gasteiger partial charge in [0.1, 0.15) is 10.0 Å². The second-order valence-electron chi connectivity index (χ2n) is 4.84. The Labute approximate surface area is 136 Å². The molecule has 0 aliphatic carbocycles. The molecule has 0 aliphatic heterocycles. The molecule has 1 heterocycles. The van der Waals surface area contributed by atoms with E-state index in [0.717, 1.165) is 39.4 Å². The predicted molar refractivity (Wildman–Crippen MR) is 89.5 cm³/mol. The van der Waals surface area contributed by atoms with E-state index >= 15 is 0 Å². The molecule has 108 valence electrons. The van der Waals surface area contributed by atoms with Crippen molar-refractivity contribution in [3.05, 3.63) is 32.7 Å². The predicted octanol–water partition coefficient (Wildman–Crippen LogP) is 4.55. The van der Waals surface area contributed by atoms with Crippen LogP contribution in [0.15, 0.2) is 22.7 Å². The minimum absolute atomic E-state index is 0.532. The van der Waals surface area contributed by atoms with Gasteiger partial charge in [-0.15, -0.1) is 10.2 Å². The van der Waals surface area contributed by atoms with Gasteiger partial charge in [-0.1, -0.05) is 42.9 Å². The summed E-state index contributed by atoms with van der Waals surface area (Å²) in [5.74, 6) is 0. The number of hydrogen-bond acceptors (Lipinski definition) is 4. The topological polar surface area (TPSA) is 37.8 Å². The second kappa shape index (κ2) is 7.50. The van der Waals surface area contributed by atoms with Gasteiger partial charge in [-0.25, -0.2) is 0 Å². The summed E-state index contributed by atoms with van der Waals surface area (Å²) >= 11 is 11.1. The standard InChI is InChI=1S/C14H17BrClN3S/c1-9(2)17-7-3-4-13-18-19-14(20-13)10-5-6-11(15)12(16)8-10/h5-6,8-9,17H,3-4,7H2,1-2H3. The van der Waals surface area contributed by atoms with Crippen LogP contribution in [-0.4, -0.2) is 22.8 Å². The van der Waals surface area contributed by atoms with Crippen molar-refractivity contribution >= 4 is 38.9 Å². The molecule has 0 aliphatic rings. The van der Waals surface area contributed by atoms with Crippen molar-refractivity contribution in [2.24, 2.45) is 0 Å². The lowest BCUT2D eigenvalue weighted by molar-refractivity contribution is 0.569. The first kappa shape index (κ1) is 15.9. The molecule has 1 aromatic heterocycles. The number of nitrogens with one attached hydrogen (secondary N) is 1. The monoisotopic (exact) mass is 373 g/mol. The Morgan fingerprint density at radius 2 is 2.15 bits per heavy atom. The molecule has 20 heavy (non-hydrogen) atoms. The van der Waals surface area contributed by atoms with Gasteiger partial charge in [0.2, 0.25) is 0 Å². The van der Waals surface area contributed by atoms with Crippen molar-refractivity contribution in [2.75, 3.05) is 6.54 Å². The molecule has 3 nitrogen and oxygen atoms in total. The third-order valence-corrected chi connectivity index (χ3v) is 5.02. The third-order valence-electron chi connectivity index (χ3n) is 2.75. The number of nitrogens with zero attached hydrogens (tertiary/aromatic N) is 2. The molecular weight excluding hydrogens is 358 g/mol. The summed E-state index contributed by atoms with van der Waals surface area (Å²) in [6, 6.07) is 6.38. The smallest absolute Gasteiger partial charge is 0.147 e. The van der Waals surface area contributed by atoms with Crippen LogP contribution in [0.4, 0.5) is 0 Å². The average molecular weight is 375 g/mol. The maximum atomic E-state index is 6.10. The van der Waals surface area contributed by atoms with E-state index in [-0.39, 0.29) is 0 Å². The molecule has 6 heteroatoms. The van der Waals surface area contributed by atoms with Crippen LogP contribution in [0, 0.1) is 0 Å². The fourth-order valence-corrected chi connectivity index (χ4v) is 3.04. The Morgan fingerprint density at radius 3 is 2.85 bits per heavy atom. The van der Waals surface area contributed by atoms with Crippen LogP contribution < -0.4 is 5.32 Å². The SMILES string of the molecule is CC(C)NCCCc1nnc(-c2ccc(Br)c(Cl)c2)s1. The van der Waals surface area contributed by atoms with Crippen LogP contribution in [-0.2, 0) is 6.42 Å². The van der Waals surface area contributed by atoms with E-state index in [1.54, 1.807) is 11.3 Å².